The summed E-state index contributed by atoms with van der Waals surface area (Å²) in [6.45, 7) is 2.32. The third kappa shape index (κ3) is 4.60. The average Bonchev–Trinajstić information content (AvgIpc) is 2.59. The summed E-state index contributed by atoms with van der Waals surface area (Å²) in [7, 11) is 0. The summed E-state index contributed by atoms with van der Waals surface area (Å²) in [6.07, 6.45) is 1.49. The maximum absolute atomic E-state index is 11.9. The quantitative estimate of drug-likeness (QED) is 0.473. The molecule has 0 bridgehead atoms. The minimum Gasteiger partial charge on any atom is -0.350 e. The van der Waals surface area contributed by atoms with Gasteiger partial charge >= 0.3 is 0 Å². The van der Waals surface area contributed by atoms with Gasteiger partial charge in [-0.25, -0.2) is 0 Å². The number of carbonyl (C=O) groups excluding carboxylic acids is 2. The summed E-state index contributed by atoms with van der Waals surface area (Å²) < 4.78 is 0. The number of pyridine rings is 1. The zero-order valence-corrected chi connectivity index (χ0v) is 13.0. The molecule has 8 heteroatoms. The Hall–Kier alpha value is -3.29. The van der Waals surface area contributed by atoms with E-state index in [1.165, 1.54) is 30.5 Å². The van der Waals surface area contributed by atoms with E-state index in [-0.39, 0.29) is 30.6 Å². The maximum Gasteiger partial charge on any atom is 0.269 e. The smallest absolute Gasteiger partial charge is 0.269 e. The molecule has 0 atom stereocenters. The highest BCUT2D eigenvalue weighted by Gasteiger charge is 2.09. The standard InChI is InChI=1S/C16H16N4O4/c1-11-2-3-13(10-19-11)16(22)18-9-8-17-15(21)12-4-6-14(7-5-12)20(23)24/h2-7,10H,8-9H2,1H3,(H,17,21)(H,18,22). The molecule has 2 N–H and O–H groups in total. The van der Waals surface area contributed by atoms with E-state index in [1.807, 2.05) is 6.92 Å². The number of carbonyl (C=O) groups is 2. The number of rotatable bonds is 6. The lowest BCUT2D eigenvalue weighted by Crippen LogP contribution is -2.34. The molecule has 0 aliphatic heterocycles. The minimum atomic E-state index is -0.531. The summed E-state index contributed by atoms with van der Waals surface area (Å²) in [6, 6.07) is 8.70. The Morgan fingerprint density at radius 2 is 1.54 bits per heavy atom. The molecule has 1 aromatic carbocycles. The van der Waals surface area contributed by atoms with Crippen LogP contribution in [-0.2, 0) is 0 Å². The molecule has 8 nitrogen and oxygen atoms in total. The van der Waals surface area contributed by atoms with Crippen molar-refractivity contribution >= 4 is 17.5 Å². The second kappa shape index (κ2) is 7.82. The summed E-state index contributed by atoms with van der Waals surface area (Å²) >= 11 is 0. The number of hydrogen-bond acceptors (Lipinski definition) is 5. The highest BCUT2D eigenvalue weighted by atomic mass is 16.6. The number of amides is 2. The molecular formula is C16H16N4O4. The van der Waals surface area contributed by atoms with Crippen molar-refractivity contribution in [2.45, 2.75) is 6.92 Å². The van der Waals surface area contributed by atoms with Crippen molar-refractivity contribution in [2.24, 2.45) is 0 Å². The van der Waals surface area contributed by atoms with E-state index in [9.17, 15) is 19.7 Å². The number of nitrogens with one attached hydrogen (secondary N) is 2. The summed E-state index contributed by atoms with van der Waals surface area (Å²) in [5, 5.41) is 15.8. The van der Waals surface area contributed by atoms with Gasteiger partial charge in [-0.1, -0.05) is 0 Å². The van der Waals surface area contributed by atoms with Crippen molar-refractivity contribution in [2.75, 3.05) is 13.1 Å². The van der Waals surface area contributed by atoms with E-state index < -0.39 is 4.92 Å². The number of benzene rings is 1. The number of non-ortho nitro benzene ring substituents is 1. The van der Waals surface area contributed by atoms with Crippen LogP contribution < -0.4 is 10.6 Å². The molecule has 0 aliphatic carbocycles. The molecule has 1 aromatic heterocycles. The minimum absolute atomic E-state index is 0.0782. The second-order valence-corrected chi connectivity index (χ2v) is 5.00. The van der Waals surface area contributed by atoms with Crippen LogP contribution in [0.3, 0.4) is 0 Å². The van der Waals surface area contributed by atoms with Crippen LogP contribution in [0.1, 0.15) is 26.4 Å². The molecule has 0 unspecified atom stereocenters. The largest absolute Gasteiger partial charge is 0.350 e. The highest BCUT2D eigenvalue weighted by molar-refractivity contribution is 5.95. The van der Waals surface area contributed by atoms with Crippen LogP contribution >= 0.6 is 0 Å². The monoisotopic (exact) mass is 328 g/mol. The number of hydrogen-bond donors (Lipinski definition) is 2. The van der Waals surface area contributed by atoms with Crippen LogP contribution in [0.2, 0.25) is 0 Å². The first-order valence-corrected chi connectivity index (χ1v) is 7.21. The molecule has 0 saturated heterocycles. The van der Waals surface area contributed by atoms with Crippen molar-refractivity contribution in [3.8, 4) is 0 Å². The van der Waals surface area contributed by atoms with E-state index in [0.29, 0.717) is 11.1 Å². The summed E-state index contributed by atoms with van der Waals surface area (Å²) in [5.74, 6) is -0.636. The van der Waals surface area contributed by atoms with Gasteiger partial charge in [-0.15, -0.1) is 0 Å². The topological polar surface area (TPSA) is 114 Å². The van der Waals surface area contributed by atoms with Gasteiger partial charge in [0.25, 0.3) is 17.5 Å². The van der Waals surface area contributed by atoms with Crippen molar-refractivity contribution < 1.29 is 14.5 Å². The van der Waals surface area contributed by atoms with Crippen LogP contribution in [0.15, 0.2) is 42.6 Å². The fourth-order valence-electron chi connectivity index (χ4n) is 1.89. The average molecular weight is 328 g/mol. The zero-order valence-electron chi connectivity index (χ0n) is 13.0. The van der Waals surface area contributed by atoms with E-state index in [4.69, 9.17) is 0 Å². The molecule has 24 heavy (non-hydrogen) atoms. The first-order valence-electron chi connectivity index (χ1n) is 7.21. The van der Waals surface area contributed by atoms with E-state index in [0.717, 1.165) is 5.69 Å². The van der Waals surface area contributed by atoms with Crippen LogP contribution in [0.25, 0.3) is 0 Å². The van der Waals surface area contributed by atoms with Crippen LogP contribution in [0.5, 0.6) is 0 Å². The maximum atomic E-state index is 11.9. The fraction of sp³-hybridized carbons (Fsp3) is 0.188. The van der Waals surface area contributed by atoms with Gasteiger partial charge in [0.1, 0.15) is 0 Å². The molecule has 2 rings (SSSR count). The Labute approximate surface area is 138 Å². The molecule has 0 fully saturated rings. The lowest BCUT2D eigenvalue weighted by Gasteiger charge is -2.07. The molecule has 2 amide bonds. The fourth-order valence-corrected chi connectivity index (χ4v) is 1.89. The number of nitrogens with zero attached hydrogens (tertiary/aromatic N) is 2. The first-order chi connectivity index (χ1) is 11.5. The molecule has 0 aliphatic rings. The number of nitro benzene ring substituents is 1. The number of nitro groups is 1. The van der Waals surface area contributed by atoms with Crippen molar-refractivity contribution in [1.82, 2.24) is 15.6 Å². The molecule has 0 spiro atoms. The van der Waals surface area contributed by atoms with Crippen molar-refractivity contribution in [3.63, 3.8) is 0 Å². The molecule has 124 valence electrons. The van der Waals surface area contributed by atoms with Gasteiger partial charge in [0.05, 0.1) is 10.5 Å². The second-order valence-electron chi connectivity index (χ2n) is 5.00. The Morgan fingerprint density at radius 1 is 1.00 bits per heavy atom. The van der Waals surface area contributed by atoms with E-state index >= 15 is 0 Å². The van der Waals surface area contributed by atoms with Crippen molar-refractivity contribution in [1.29, 1.82) is 0 Å². The summed E-state index contributed by atoms with van der Waals surface area (Å²) in [4.78, 5) is 37.8. The zero-order chi connectivity index (χ0) is 17.5. The third-order valence-electron chi connectivity index (χ3n) is 3.21. The van der Waals surface area contributed by atoms with Crippen LogP contribution in [0.4, 0.5) is 5.69 Å². The predicted octanol–water partition coefficient (Wildman–Crippen LogP) is 1.46. The molecule has 1 heterocycles. The molecule has 2 aromatic rings. The van der Waals surface area contributed by atoms with Gasteiger partial charge in [0, 0.05) is 42.7 Å². The Morgan fingerprint density at radius 3 is 2.04 bits per heavy atom. The SMILES string of the molecule is Cc1ccc(C(=O)NCCNC(=O)c2ccc([N+](=O)[O-])cc2)cn1. The number of aryl methyl sites for hydroxylation is 1. The van der Waals surface area contributed by atoms with Gasteiger partial charge in [0.15, 0.2) is 0 Å². The predicted molar refractivity (Wildman–Crippen MR) is 86.7 cm³/mol. The highest BCUT2D eigenvalue weighted by Crippen LogP contribution is 2.11. The third-order valence-corrected chi connectivity index (χ3v) is 3.21. The van der Waals surface area contributed by atoms with E-state index in [2.05, 4.69) is 15.6 Å². The molecule has 0 saturated carbocycles. The Kier molecular flexibility index (Phi) is 5.56. The summed E-state index contributed by atoms with van der Waals surface area (Å²) in [5.41, 5.74) is 1.50. The first kappa shape index (κ1) is 17.1. The molecule has 0 radical (unpaired) electrons. The molecular weight excluding hydrogens is 312 g/mol. The van der Waals surface area contributed by atoms with Gasteiger partial charge in [-0.05, 0) is 31.2 Å². The van der Waals surface area contributed by atoms with Gasteiger partial charge < -0.3 is 10.6 Å². The Bertz CT molecular complexity index is 742. The lowest BCUT2D eigenvalue weighted by molar-refractivity contribution is -0.384. The van der Waals surface area contributed by atoms with E-state index in [1.54, 1.807) is 12.1 Å². The number of aromatic nitrogens is 1. The lowest BCUT2D eigenvalue weighted by atomic mass is 10.2. The van der Waals surface area contributed by atoms with Crippen LogP contribution in [0, 0.1) is 17.0 Å². The van der Waals surface area contributed by atoms with Gasteiger partial charge in [0.2, 0.25) is 0 Å². The van der Waals surface area contributed by atoms with Gasteiger partial charge in [-0.2, -0.15) is 0 Å². The van der Waals surface area contributed by atoms with Gasteiger partial charge in [-0.3, -0.25) is 24.7 Å². The van der Waals surface area contributed by atoms with Crippen molar-refractivity contribution in [3.05, 3.63) is 69.5 Å². The Balaban J connectivity index is 1.77. The normalized spacial score (nSPS) is 10.0. The van der Waals surface area contributed by atoms with Crippen LogP contribution in [-0.4, -0.2) is 34.8 Å².